The molecule has 41 heavy (non-hydrogen) atoms. The molecule has 2 aliphatic rings. The topological polar surface area (TPSA) is 140 Å². The van der Waals surface area contributed by atoms with Gasteiger partial charge in [0.2, 0.25) is 0 Å². The van der Waals surface area contributed by atoms with E-state index in [1.165, 1.54) is 0 Å². The van der Waals surface area contributed by atoms with Crippen LogP contribution in [0.3, 0.4) is 0 Å². The summed E-state index contributed by atoms with van der Waals surface area (Å²) in [4.78, 5) is 36.8. The standard InChI is InChI=1S/C32H18N8.H2O/c1-2-10-18-17(9-1)25-33-26(18)38-28-21-13-5-6-14-22(21)30(35-28)40-32-24-16-8-7-15-23(24)31(36-32)39-29-20-12-4-3-11-19(20)27(34-29)37-25;/h1-16H,(H2,33,34,35,36,37,38,39,40);1H2. The molecule has 194 valence electrons. The van der Waals surface area contributed by atoms with Gasteiger partial charge in [-0.05, 0) is 0 Å². The van der Waals surface area contributed by atoms with Crippen molar-refractivity contribution in [1.82, 2.24) is 39.9 Å². The van der Waals surface area contributed by atoms with Crippen molar-refractivity contribution in [2.24, 2.45) is 0 Å². The number of fused-ring (bicyclic) bond motifs is 20. The summed E-state index contributed by atoms with van der Waals surface area (Å²) in [5, 5.41) is 3.82. The number of aromatic nitrogens is 8. The maximum atomic E-state index is 5.02. The molecule has 5 heterocycles. The van der Waals surface area contributed by atoms with E-state index in [0.717, 1.165) is 43.8 Å². The van der Waals surface area contributed by atoms with Crippen molar-refractivity contribution >= 4 is 44.1 Å². The minimum Gasteiger partial charge on any atom is -0.412 e. The highest BCUT2D eigenvalue weighted by atomic mass is 16.0. The second-order valence-corrected chi connectivity index (χ2v) is 9.79. The van der Waals surface area contributed by atoms with Crippen molar-refractivity contribution in [3.63, 3.8) is 0 Å². The van der Waals surface area contributed by atoms with Gasteiger partial charge in [0.1, 0.15) is 22.6 Å². The van der Waals surface area contributed by atoms with Crippen LogP contribution in [-0.2, 0) is 0 Å². The van der Waals surface area contributed by atoms with Crippen molar-refractivity contribution < 1.29 is 5.48 Å². The lowest BCUT2D eigenvalue weighted by molar-refractivity contribution is 0.824. The molecule has 0 spiro atoms. The molecule has 0 atom stereocenters. The fourth-order valence-corrected chi connectivity index (χ4v) is 5.59. The molecule has 0 radical (unpaired) electrons. The lowest BCUT2D eigenvalue weighted by Gasteiger charge is -1.96. The minimum absolute atomic E-state index is 0. The highest BCUT2D eigenvalue weighted by molar-refractivity contribution is 6.06. The maximum Gasteiger partial charge on any atom is 0.164 e. The van der Waals surface area contributed by atoms with E-state index in [2.05, 4.69) is 9.97 Å². The van der Waals surface area contributed by atoms with E-state index < -0.39 is 0 Å². The first-order valence-corrected chi connectivity index (χ1v) is 13.0. The molecule has 0 unspecified atom stereocenters. The average Bonchev–Trinajstić information content (AvgIpc) is 3.73. The first-order valence-electron chi connectivity index (χ1n) is 13.0. The number of hydrogen-bond donors (Lipinski definition) is 2. The summed E-state index contributed by atoms with van der Waals surface area (Å²) in [6, 6.07) is 32.2. The predicted octanol–water partition coefficient (Wildman–Crippen LogP) is 6.04. The highest BCUT2D eigenvalue weighted by Crippen LogP contribution is 2.36. The van der Waals surface area contributed by atoms with Crippen molar-refractivity contribution in [3.05, 3.63) is 97.1 Å². The van der Waals surface area contributed by atoms with Crippen LogP contribution in [0.15, 0.2) is 97.1 Å². The van der Waals surface area contributed by atoms with E-state index in [9.17, 15) is 0 Å². The Morgan fingerprint density at radius 2 is 0.561 bits per heavy atom. The number of nitrogens with zero attached hydrogens (tertiary/aromatic N) is 6. The number of benzene rings is 4. The van der Waals surface area contributed by atoms with Gasteiger partial charge in [-0.2, -0.15) is 0 Å². The molecule has 2 aliphatic heterocycles. The third-order valence-electron chi connectivity index (χ3n) is 7.46. The molecular weight excluding hydrogens is 512 g/mol. The van der Waals surface area contributed by atoms with Gasteiger partial charge >= 0.3 is 0 Å². The molecule has 3 aromatic heterocycles. The van der Waals surface area contributed by atoms with Crippen LogP contribution in [0.5, 0.6) is 0 Å². The van der Waals surface area contributed by atoms with Crippen molar-refractivity contribution in [2.45, 2.75) is 0 Å². The Bertz CT molecular complexity index is 2030. The third kappa shape index (κ3) is 3.39. The highest BCUT2D eigenvalue weighted by Gasteiger charge is 2.21. The first-order chi connectivity index (χ1) is 19.8. The van der Waals surface area contributed by atoms with Gasteiger partial charge in [-0.25, -0.2) is 29.9 Å². The molecule has 4 N–H and O–H groups in total. The molecule has 8 bridgehead atoms. The predicted molar refractivity (Wildman–Crippen MR) is 160 cm³/mol. The van der Waals surface area contributed by atoms with Gasteiger partial charge in [0.25, 0.3) is 0 Å². The van der Waals surface area contributed by atoms with Crippen LogP contribution in [0.2, 0.25) is 0 Å². The van der Waals surface area contributed by atoms with Crippen LogP contribution in [0.25, 0.3) is 89.7 Å². The van der Waals surface area contributed by atoms with Gasteiger partial charge in [-0.1, -0.05) is 97.1 Å². The lowest BCUT2D eigenvalue weighted by atomic mass is 10.1. The van der Waals surface area contributed by atoms with E-state index in [1.807, 2.05) is 97.1 Å². The van der Waals surface area contributed by atoms with Gasteiger partial charge < -0.3 is 15.4 Å². The summed E-state index contributed by atoms with van der Waals surface area (Å²) >= 11 is 0. The van der Waals surface area contributed by atoms with Crippen LogP contribution in [-0.4, -0.2) is 45.3 Å². The number of hydrogen-bond acceptors (Lipinski definition) is 6. The van der Waals surface area contributed by atoms with Crippen molar-refractivity contribution in [2.75, 3.05) is 0 Å². The summed E-state index contributed by atoms with van der Waals surface area (Å²) in [7, 11) is 0. The van der Waals surface area contributed by atoms with Gasteiger partial charge in [-0.3, -0.25) is 0 Å². The molecule has 9 heteroatoms. The van der Waals surface area contributed by atoms with Gasteiger partial charge in [0.15, 0.2) is 23.3 Å². The first kappa shape index (κ1) is 23.1. The summed E-state index contributed by atoms with van der Waals surface area (Å²) in [5.74, 6) is 2.39. The molecule has 9 nitrogen and oxygen atoms in total. The van der Waals surface area contributed by atoms with Crippen LogP contribution < -0.4 is 0 Å². The molecule has 4 aromatic carbocycles. The zero-order valence-corrected chi connectivity index (χ0v) is 21.4. The number of nitrogens with one attached hydrogen (secondary N) is 2. The summed E-state index contributed by atoms with van der Waals surface area (Å²) in [6.07, 6.45) is 0. The Kier molecular flexibility index (Phi) is 4.85. The SMILES string of the molecule is O.c1ccc2c(c1)-c1nc-2nc2[nH]c(nc3nc(nc4[nH]c(n1)c1ccccc41)-c1ccccc1-3)c1ccccc21. The van der Waals surface area contributed by atoms with E-state index in [4.69, 9.17) is 29.9 Å². The van der Waals surface area contributed by atoms with Crippen LogP contribution >= 0.6 is 0 Å². The van der Waals surface area contributed by atoms with Crippen LogP contribution in [0.1, 0.15) is 0 Å². The average molecular weight is 533 g/mol. The molecule has 0 amide bonds. The van der Waals surface area contributed by atoms with E-state index in [0.29, 0.717) is 45.9 Å². The summed E-state index contributed by atoms with van der Waals surface area (Å²) in [6.45, 7) is 0. The van der Waals surface area contributed by atoms with E-state index in [-0.39, 0.29) is 5.48 Å². The van der Waals surface area contributed by atoms with Crippen molar-refractivity contribution in [3.8, 4) is 45.6 Å². The third-order valence-corrected chi connectivity index (χ3v) is 7.46. The second-order valence-electron chi connectivity index (χ2n) is 9.79. The van der Waals surface area contributed by atoms with E-state index in [1.54, 1.807) is 0 Å². The maximum absolute atomic E-state index is 5.02. The molecule has 0 saturated carbocycles. The normalized spacial score (nSPS) is 11.7. The summed E-state index contributed by atoms with van der Waals surface area (Å²) < 4.78 is 0. The molecular formula is C32H20N8O. The minimum atomic E-state index is 0. The van der Waals surface area contributed by atoms with Crippen molar-refractivity contribution in [1.29, 1.82) is 0 Å². The van der Waals surface area contributed by atoms with Gasteiger partial charge in [0, 0.05) is 43.8 Å². The fraction of sp³-hybridized carbons (Fsp3) is 0. The molecule has 9 rings (SSSR count). The van der Waals surface area contributed by atoms with Gasteiger partial charge in [-0.15, -0.1) is 0 Å². The van der Waals surface area contributed by atoms with Crippen LogP contribution in [0, 0.1) is 0 Å². The quantitative estimate of drug-likeness (QED) is 0.244. The molecule has 0 fully saturated rings. The smallest absolute Gasteiger partial charge is 0.164 e. The Morgan fingerprint density at radius 1 is 0.317 bits per heavy atom. The van der Waals surface area contributed by atoms with E-state index >= 15 is 0 Å². The Hall–Kier alpha value is -5.80. The Morgan fingerprint density at radius 3 is 0.829 bits per heavy atom. The molecule has 7 aromatic rings. The Labute approximate surface area is 232 Å². The van der Waals surface area contributed by atoms with Crippen LogP contribution in [0.4, 0.5) is 0 Å². The number of rotatable bonds is 0. The molecule has 0 aliphatic carbocycles. The monoisotopic (exact) mass is 532 g/mol. The van der Waals surface area contributed by atoms with Gasteiger partial charge in [0.05, 0.1) is 0 Å². The lowest BCUT2D eigenvalue weighted by Crippen LogP contribution is -1.82. The fourth-order valence-electron chi connectivity index (χ4n) is 5.59. The Balaban J connectivity index is 0.00000256. The number of H-pyrrole nitrogens is 2. The second kappa shape index (κ2) is 8.60. The zero-order chi connectivity index (χ0) is 26.2. The zero-order valence-electron chi connectivity index (χ0n) is 21.4. The number of aromatic amines is 2. The summed E-state index contributed by atoms with van der Waals surface area (Å²) in [5.41, 5.74) is 6.45. The largest absolute Gasteiger partial charge is 0.412 e. The molecule has 0 saturated heterocycles.